The van der Waals surface area contributed by atoms with E-state index in [9.17, 15) is 0 Å². The molecular formula is C12H6IrN3-. The molecule has 0 aliphatic carbocycles. The van der Waals surface area contributed by atoms with Crippen molar-refractivity contribution in [2.45, 2.75) is 0 Å². The Morgan fingerprint density at radius 2 is 2.25 bits per heavy atom. The molecule has 2 aromatic heterocycles. The Hall–Kier alpha value is -1.69. The molecule has 0 bridgehead atoms. The Labute approximate surface area is 106 Å². The van der Waals surface area contributed by atoms with Crippen molar-refractivity contribution in [1.29, 1.82) is 5.26 Å². The molecule has 0 N–H and O–H groups in total. The van der Waals surface area contributed by atoms with Crippen LogP contribution in [0.2, 0.25) is 0 Å². The minimum Gasteiger partial charge on any atom is -0.346 e. The first kappa shape index (κ1) is 10.8. The van der Waals surface area contributed by atoms with Gasteiger partial charge in [-0.1, -0.05) is 6.07 Å². The summed E-state index contributed by atoms with van der Waals surface area (Å²) in [5, 5.41) is 10.8. The maximum Gasteiger partial charge on any atom is 0.148 e. The van der Waals surface area contributed by atoms with Gasteiger partial charge >= 0.3 is 0 Å². The maximum absolute atomic E-state index is 8.77. The van der Waals surface area contributed by atoms with Gasteiger partial charge in [-0.05, 0) is 6.20 Å². The van der Waals surface area contributed by atoms with Crippen molar-refractivity contribution in [1.82, 2.24) is 9.38 Å². The topological polar surface area (TPSA) is 41.1 Å². The third-order valence-electron chi connectivity index (χ3n) is 2.37. The smallest absolute Gasteiger partial charge is 0.148 e. The van der Waals surface area contributed by atoms with Gasteiger partial charge in [-0.15, -0.1) is 35.0 Å². The number of hydrogen-bond donors (Lipinski definition) is 0. The molecule has 3 rings (SSSR count). The maximum atomic E-state index is 8.77. The number of hydrogen-bond acceptors (Lipinski definition) is 2. The Morgan fingerprint density at radius 1 is 1.38 bits per heavy atom. The first-order valence-electron chi connectivity index (χ1n) is 4.57. The van der Waals surface area contributed by atoms with E-state index in [1.165, 1.54) is 0 Å². The number of pyridine rings is 1. The monoisotopic (exact) mass is 385 g/mol. The summed E-state index contributed by atoms with van der Waals surface area (Å²) in [6.07, 6.45) is 3.62. The third-order valence-corrected chi connectivity index (χ3v) is 2.37. The molecule has 0 atom stereocenters. The average molecular weight is 384 g/mol. The number of nitriles is 1. The molecule has 0 fully saturated rings. The van der Waals surface area contributed by atoms with Crippen molar-refractivity contribution in [3.63, 3.8) is 0 Å². The van der Waals surface area contributed by atoms with Crippen molar-refractivity contribution in [2.24, 2.45) is 0 Å². The van der Waals surface area contributed by atoms with E-state index in [1.54, 1.807) is 6.20 Å². The summed E-state index contributed by atoms with van der Waals surface area (Å²) >= 11 is 0. The van der Waals surface area contributed by atoms with Gasteiger partial charge in [0.05, 0.1) is 5.65 Å². The quantitative estimate of drug-likeness (QED) is 0.558. The number of nitrogens with zero attached hydrogens (tertiary/aromatic N) is 3. The van der Waals surface area contributed by atoms with Gasteiger partial charge in [0.15, 0.2) is 0 Å². The van der Waals surface area contributed by atoms with Crippen molar-refractivity contribution in [3.05, 3.63) is 48.4 Å². The van der Waals surface area contributed by atoms with Crippen LogP contribution in [0.15, 0.2) is 36.7 Å². The van der Waals surface area contributed by atoms with Gasteiger partial charge in [0.1, 0.15) is 11.8 Å². The van der Waals surface area contributed by atoms with Crippen molar-refractivity contribution < 1.29 is 20.1 Å². The molecule has 0 saturated heterocycles. The minimum absolute atomic E-state index is 0. The summed E-state index contributed by atoms with van der Waals surface area (Å²) in [7, 11) is 0. The second-order valence-corrected chi connectivity index (χ2v) is 3.29. The zero-order valence-corrected chi connectivity index (χ0v) is 10.5. The Balaban J connectivity index is 0.000000963. The van der Waals surface area contributed by atoms with E-state index in [0.29, 0.717) is 5.69 Å². The predicted molar refractivity (Wildman–Crippen MR) is 56.2 cm³/mol. The minimum atomic E-state index is 0. The van der Waals surface area contributed by atoms with E-state index in [1.807, 2.05) is 40.9 Å². The molecule has 4 heteroatoms. The molecule has 1 aromatic carbocycles. The number of rotatable bonds is 0. The van der Waals surface area contributed by atoms with E-state index in [2.05, 4.69) is 11.1 Å². The van der Waals surface area contributed by atoms with Crippen LogP contribution in [0.25, 0.3) is 16.4 Å². The van der Waals surface area contributed by atoms with E-state index in [-0.39, 0.29) is 20.1 Å². The van der Waals surface area contributed by atoms with Gasteiger partial charge < -0.3 is 4.40 Å². The molecule has 3 nitrogen and oxygen atoms in total. The van der Waals surface area contributed by atoms with Crippen LogP contribution in [0.1, 0.15) is 5.69 Å². The van der Waals surface area contributed by atoms with Crippen LogP contribution in [0.5, 0.6) is 0 Å². The summed E-state index contributed by atoms with van der Waals surface area (Å²) < 4.78 is 1.84. The standard InChI is InChI=1S/C12H6N3.Ir/c13-7-10-8-15-6-5-9-3-1-2-4-11(9)12(15)14-10;/h1-3,5-6,8H;/q-1;. The molecule has 3 aromatic rings. The third kappa shape index (κ3) is 1.51. The van der Waals surface area contributed by atoms with Gasteiger partial charge in [0.2, 0.25) is 0 Å². The largest absolute Gasteiger partial charge is 0.346 e. The summed E-state index contributed by atoms with van der Waals surface area (Å²) in [5.41, 5.74) is 1.21. The Kier molecular flexibility index (Phi) is 2.74. The van der Waals surface area contributed by atoms with Crippen LogP contribution in [0, 0.1) is 17.4 Å². The second-order valence-electron chi connectivity index (χ2n) is 3.29. The molecule has 0 amide bonds. The van der Waals surface area contributed by atoms with Crippen molar-refractivity contribution in [3.8, 4) is 6.07 Å². The van der Waals surface area contributed by atoms with Crippen LogP contribution in [-0.2, 0) is 20.1 Å². The molecule has 0 aliphatic rings. The molecular weight excluding hydrogens is 378 g/mol. The second kappa shape index (κ2) is 4.05. The number of fused-ring (bicyclic) bond motifs is 3. The first-order chi connectivity index (χ1) is 7.38. The molecule has 0 aliphatic heterocycles. The van der Waals surface area contributed by atoms with Gasteiger partial charge in [0.25, 0.3) is 0 Å². The normalized spacial score (nSPS) is 9.94. The molecule has 16 heavy (non-hydrogen) atoms. The number of aromatic nitrogens is 2. The van der Waals surface area contributed by atoms with Gasteiger partial charge in [0, 0.05) is 26.3 Å². The summed E-state index contributed by atoms with van der Waals surface area (Å²) in [6, 6.07) is 13.0. The molecule has 79 valence electrons. The molecule has 1 radical (unpaired) electrons. The molecule has 2 heterocycles. The van der Waals surface area contributed by atoms with Crippen LogP contribution in [0.3, 0.4) is 0 Å². The van der Waals surface area contributed by atoms with Gasteiger partial charge in [-0.3, -0.25) is 4.98 Å². The Morgan fingerprint density at radius 3 is 3.06 bits per heavy atom. The summed E-state index contributed by atoms with van der Waals surface area (Å²) in [5.74, 6) is 0. The molecule has 0 saturated carbocycles. The van der Waals surface area contributed by atoms with Crippen LogP contribution in [0.4, 0.5) is 0 Å². The number of benzene rings is 1. The van der Waals surface area contributed by atoms with E-state index >= 15 is 0 Å². The van der Waals surface area contributed by atoms with Gasteiger partial charge in [-0.2, -0.15) is 5.26 Å². The fourth-order valence-corrected chi connectivity index (χ4v) is 1.69. The molecule has 0 unspecified atom stereocenters. The van der Waals surface area contributed by atoms with Crippen LogP contribution in [-0.4, -0.2) is 9.38 Å². The van der Waals surface area contributed by atoms with E-state index < -0.39 is 0 Å². The number of imidazole rings is 1. The van der Waals surface area contributed by atoms with Crippen LogP contribution < -0.4 is 0 Å². The van der Waals surface area contributed by atoms with Crippen molar-refractivity contribution in [2.75, 3.05) is 0 Å². The average Bonchev–Trinajstić information content (AvgIpc) is 2.72. The first-order valence-corrected chi connectivity index (χ1v) is 4.57. The fraction of sp³-hybridized carbons (Fsp3) is 0. The predicted octanol–water partition coefficient (Wildman–Crippen LogP) is 2.16. The summed E-state index contributed by atoms with van der Waals surface area (Å²) in [4.78, 5) is 4.23. The van der Waals surface area contributed by atoms with E-state index in [4.69, 9.17) is 5.26 Å². The van der Waals surface area contributed by atoms with Crippen molar-refractivity contribution >= 4 is 16.4 Å². The zero-order valence-electron chi connectivity index (χ0n) is 8.14. The molecule has 0 spiro atoms. The van der Waals surface area contributed by atoms with E-state index in [0.717, 1.165) is 16.4 Å². The zero-order chi connectivity index (χ0) is 10.3. The van der Waals surface area contributed by atoms with Crippen LogP contribution >= 0.6 is 0 Å². The fourth-order valence-electron chi connectivity index (χ4n) is 1.69. The summed E-state index contributed by atoms with van der Waals surface area (Å²) in [6.45, 7) is 0. The Bertz CT molecular complexity index is 694. The van der Waals surface area contributed by atoms with Gasteiger partial charge in [-0.25, -0.2) is 0 Å². The SMILES string of the molecule is N#Cc1cn2ccc3ccc[c-]c3c2n1.[Ir].